The number of aromatic nitrogens is 1. The smallest absolute Gasteiger partial charge is 0.254 e. The van der Waals surface area contributed by atoms with Gasteiger partial charge in [0.2, 0.25) is 0 Å². The number of nitrogens with one attached hydrogen (secondary N) is 1. The van der Waals surface area contributed by atoms with Crippen molar-refractivity contribution in [1.82, 2.24) is 10.3 Å². The number of aliphatic hydroxyl groups is 2. The molecule has 0 aliphatic carbocycles. The Morgan fingerprint density at radius 2 is 2.38 bits per heavy atom. The van der Waals surface area contributed by atoms with Crippen LogP contribution in [0.3, 0.4) is 0 Å². The summed E-state index contributed by atoms with van der Waals surface area (Å²) in [4.78, 5) is 15.0. The molecule has 3 N–H and O–H groups in total. The molecule has 0 aliphatic heterocycles. The van der Waals surface area contributed by atoms with Crippen molar-refractivity contribution in [2.75, 3.05) is 13.2 Å². The molecule has 1 aromatic rings. The summed E-state index contributed by atoms with van der Waals surface area (Å²) in [6, 6.07) is 1.23. The fourth-order valence-electron chi connectivity index (χ4n) is 0.981. The summed E-state index contributed by atoms with van der Waals surface area (Å²) in [5, 5.41) is 20.5. The molecule has 0 fully saturated rings. The van der Waals surface area contributed by atoms with E-state index in [-0.39, 0.29) is 12.1 Å². The van der Waals surface area contributed by atoms with Crippen molar-refractivity contribution < 1.29 is 19.4 Å². The number of amides is 1. The SMILES string of the molecule is CC(O)(CO)CNC(=O)c1ccncc1F. The fourth-order valence-corrected chi connectivity index (χ4v) is 0.981. The second kappa shape index (κ2) is 5.00. The molecule has 0 spiro atoms. The molecule has 0 saturated carbocycles. The number of hydrogen-bond donors (Lipinski definition) is 3. The third kappa shape index (κ3) is 3.25. The third-order valence-electron chi connectivity index (χ3n) is 1.99. The molecule has 0 saturated heterocycles. The zero-order valence-electron chi connectivity index (χ0n) is 8.77. The first-order valence-corrected chi connectivity index (χ1v) is 4.67. The van der Waals surface area contributed by atoms with Crippen molar-refractivity contribution in [3.63, 3.8) is 0 Å². The Labute approximate surface area is 91.9 Å². The van der Waals surface area contributed by atoms with E-state index in [1.807, 2.05) is 0 Å². The molecule has 0 radical (unpaired) electrons. The average molecular weight is 228 g/mol. The molecule has 1 heterocycles. The molecule has 1 amide bonds. The predicted octanol–water partition coefficient (Wildman–Crippen LogP) is -0.306. The summed E-state index contributed by atoms with van der Waals surface area (Å²) >= 11 is 0. The van der Waals surface area contributed by atoms with Crippen molar-refractivity contribution in [2.24, 2.45) is 0 Å². The molecule has 6 heteroatoms. The van der Waals surface area contributed by atoms with Crippen LogP contribution in [0.5, 0.6) is 0 Å². The van der Waals surface area contributed by atoms with E-state index in [0.717, 1.165) is 6.20 Å². The summed E-state index contributed by atoms with van der Waals surface area (Å²) in [5.41, 5.74) is -1.57. The van der Waals surface area contributed by atoms with Crippen LogP contribution in [0.1, 0.15) is 17.3 Å². The van der Waals surface area contributed by atoms with Gasteiger partial charge in [-0.25, -0.2) is 4.39 Å². The molecular weight excluding hydrogens is 215 g/mol. The first kappa shape index (κ1) is 12.5. The standard InChI is InChI=1S/C10H13FN2O3/c1-10(16,6-14)5-13-9(15)7-2-3-12-4-8(7)11/h2-4,14,16H,5-6H2,1H3,(H,13,15). The maximum atomic E-state index is 13.1. The minimum absolute atomic E-state index is 0.149. The lowest BCUT2D eigenvalue weighted by Crippen LogP contribution is -2.43. The summed E-state index contributed by atoms with van der Waals surface area (Å²) in [6.45, 7) is 0.701. The maximum absolute atomic E-state index is 13.1. The van der Waals surface area contributed by atoms with Gasteiger partial charge in [0.15, 0.2) is 5.82 Å². The zero-order chi connectivity index (χ0) is 12.2. The first-order chi connectivity index (χ1) is 7.46. The number of hydrogen-bond acceptors (Lipinski definition) is 4. The molecule has 0 aliphatic rings. The normalized spacial score (nSPS) is 14.2. The maximum Gasteiger partial charge on any atom is 0.254 e. The van der Waals surface area contributed by atoms with E-state index in [1.165, 1.54) is 19.2 Å². The molecular formula is C10H13FN2O3. The summed E-state index contributed by atoms with van der Waals surface area (Å²) in [7, 11) is 0. The summed E-state index contributed by atoms with van der Waals surface area (Å²) < 4.78 is 13.1. The number of pyridine rings is 1. The largest absolute Gasteiger partial charge is 0.393 e. The highest BCUT2D eigenvalue weighted by Crippen LogP contribution is 2.05. The zero-order valence-corrected chi connectivity index (χ0v) is 8.77. The van der Waals surface area contributed by atoms with Crippen molar-refractivity contribution in [2.45, 2.75) is 12.5 Å². The van der Waals surface area contributed by atoms with E-state index in [4.69, 9.17) is 5.11 Å². The Balaban J connectivity index is 2.64. The molecule has 1 unspecified atom stereocenters. The van der Waals surface area contributed by atoms with Gasteiger partial charge in [-0.2, -0.15) is 0 Å². The van der Waals surface area contributed by atoms with Crippen LogP contribution >= 0.6 is 0 Å². The van der Waals surface area contributed by atoms with Gasteiger partial charge in [-0.15, -0.1) is 0 Å². The van der Waals surface area contributed by atoms with Gasteiger partial charge in [0.1, 0.15) is 5.60 Å². The van der Waals surface area contributed by atoms with Gasteiger partial charge in [0.05, 0.1) is 18.4 Å². The number of aliphatic hydroxyl groups excluding tert-OH is 1. The molecule has 1 atom stereocenters. The molecule has 16 heavy (non-hydrogen) atoms. The average Bonchev–Trinajstić information content (AvgIpc) is 2.27. The number of carbonyl (C=O) groups excluding carboxylic acids is 1. The van der Waals surface area contributed by atoms with Gasteiger partial charge in [0.25, 0.3) is 5.91 Å². The Morgan fingerprint density at radius 3 is 2.94 bits per heavy atom. The van der Waals surface area contributed by atoms with Gasteiger partial charge in [-0.3, -0.25) is 9.78 Å². The Bertz CT molecular complexity index is 382. The van der Waals surface area contributed by atoms with Crippen LogP contribution in [0.25, 0.3) is 0 Å². The van der Waals surface area contributed by atoms with Crippen LogP contribution in [-0.4, -0.2) is 39.9 Å². The van der Waals surface area contributed by atoms with Crippen LogP contribution < -0.4 is 5.32 Å². The number of halogens is 1. The molecule has 1 rings (SSSR count). The van der Waals surface area contributed by atoms with Crippen molar-refractivity contribution in [1.29, 1.82) is 0 Å². The van der Waals surface area contributed by atoms with Crippen LogP contribution in [0, 0.1) is 5.82 Å². The van der Waals surface area contributed by atoms with Crippen LogP contribution in [0.4, 0.5) is 4.39 Å². The molecule has 0 bridgehead atoms. The fraction of sp³-hybridized carbons (Fsp3) is 0.400. The van der Waals surface area contributed by atoms with E-state index < -0.39 is 23.9 Å². The lowest BCUT2D eigenvalue weighted by molar-refractivity contribution is 0.00316. The number of rotatable bonds is 4. The van der Waals surface area contributed by atoms with Crippen LogP contribution in [0.15, 0.2) is 18.5 Å². The Kier molecular flexibility index (Phi) is 3.92. The van der Waals surface area contributed by atoms with E-state index in [1.54, 1.807) is 0 Å². The van der Waals surface area contributed by atoms with Gasteiger partial charge < -0.3 is 15.5 Å². The van der Waals surface area contributed by atoms with Gasteiger partial charge >= 0.3 is 0 Å². The van der Waals surface area contributed by atoms with E-state index in [9.17, 15) is 14.3 Å². The minimum atomic E-state index is -1.42. The first-order valence-electron chi connectivity index (χ1n) is 4.67. The summed E-state index contributed by atoms with van der Waals surface area (Å²) in [5.74, 6) is -1.39. The lowest BCUT2D eigenvalue weighted by Gasteiger charge is -2.20. The van der Waals surface area contributed by atoms with E-state index >= 15 is 0 Å². The predicted molar refractivity (Wildman–Crippen MR) is 54.2 cm³/mol. The topological polar surface area (TPSA) is 82.5 Å². The van der Waals surface area contributed by atoms with Crippen molar-refractivity contribution in [3.8, 4) is 0 Å². The van der Waals surface area contributed by atoms with Crippen molar-refractivity contribution in [3.05, 3.63) is 29.8 Å². The van der Waals surface area contributed by atoms with Crippen LogP contribution in [-0.2, 0) is 0 Å². The Morgan fingerprint density at radius 1 is 1.69 bits per heavy atom. The molecule has 88 valence electrons. The quantitative estimate of drug-likeness (QED) is 0.660. The second-order valence-electron chi connectivity index (χ2n) is 3.69. The van der Waals surface area contributed by atoms with Crippen LogP contribution in [0.2, 0.25) is 0 Å². The summed E-state index contributed by atoms with van der Waals surface area (Å²) in [6.07, 6.45) is 2.22. The highest BCUT2D eigenvalue weighted by Gasteiger charge is 2.21. The lowest BCUT2D eigenvalue weighted by atomic mass is 10.1. The van der Waals surface area contributed by atoms with Gasteiger partial charge in [-0.05, 0) is 13.0 Å². The highest BCUT2D eigenvalue weighted by molar-refractivity contribution is 5.94. The number of carbonyl (C=O) groups is 1. The van der Waals surface area contributed by atoms with Gasteiger partial charge in [-0.1, -0.05) is 0 Å². The molecule has 5 nitrogen and oxygen atoms in total. The van der Waals surface area contributed by atoms with E-state index in [0.29, 0.717) is 0 Å². The molecule has 1 aromatic heterocycles. The minimum Gasteiger partial charge on any atom is -0.393 e. The molecule has 0 aromatic carbocycles. The third-order valence-corrected chi connectivity index (χ3v) is 1.99. The highest BCUT2D eigenvalue weighted by atomic mass is 19.1. The number of nitrogens with zero attached hydrogens (tertiary/aromatic N) is 1. The van der Waals surface area contributed by atoms with Crippen molar-refractivity contribution >= 4 is 5.91 Å². The van der Waals surface area contributed by atoms with Gasteiger partial charge in [0, 0.05) is 12.7 Å². The second-order valence-corrected chi connectivity index (χ2v) is 3.69. The Hall–Kier alpha value is -1.53. The van der Waals surface area contributed by atoms with E-state index in [2.05, 4.69) is 10.3 Å². The monoisotopic (exact) mass is 228 g/mol.